The van der Waals surface area contributed by atoms with Crippen LogP contribution in [0, 0.1) is 52.3 Å². The highest BCUT2D eigenvalue weighted by Crippen LogP contribution is 2.72. The predicted octanol–water partition coefficient (Wildman–Crippen LogP) is 12.4. The summed E-state index contributed by atoms with van der Waals surface area (Å²) in [6.07, 6.45) is 21.8. The largest absolute Gasteiger partial charge is 0.508 e. The van der Waals surface area contributed by atoms with Crippen LogP contribution >= 0.6 is 0 Å². The molecule has 84 heavy (non-hydrogen) atoms. The van der Waals surface area contributed by atoms with Gasteiger partial charge >= 0.3 is 11.9 Å². The van der Waals surface area contributed by atoms with Crippen LogP contribution in [0.1, 0.15) is 156 Å². The molecule has 11 nitrogen and oxygen atoms in total. The van der Waals surface area contributed by atoms with E-state index in [1.807, 2.05) is 12.1 Å². The minimum atomic E-state index is -0.890. The molecule has 5 heterocycles. The number of esters is 2. The van der Waals surface area contributed by atoms with Gasteiger partial charge in [0, 0.05) is 42.7 Å². The number of nitrogens with one attached hydrogen (secondary N) is 5. The van der Waals surface area contributed by atoms with E-state index in [1.165, 1.54) is 35.1 Å². The van der Waals surface area contributed by atoms with Gasteiger partial charge in [0.25, 0.3) is 0 Å². The van der Waals surface area contributed by atoms with Crippen molar-refractivity contribution in [2.75, 3.05) is 33.2 Å². The molecule has 4 aromatic carbocycles. The number of phenols is 1. The summed E-state index contributed by atoms with van der Waals surface area (Å²) in [4.78, 5) is 30.7. The number of hydrogen-bond acceptors (Lipinski definition) is 11. The molecule has 15 rings (SSSR count). The molecule has 11 heteroatoms. The van der Waals surface area contributed by atoms with Gasteiger partial charge in [-0.2, -0.15) is 0 Å². The fraction of sp³-hybridized carbons (Fsp3) is 0.534. The second kappa shape index (κ2) is 24.6. The Morgan fingerprint density at radius 2 is 1.69 bits per heavy atom. The number of aliphatic hydroxyl groups is 1. The molecule has 3 saturated carbocycles. The number of fused-ring (bicyclic) bond motifs is 5. The molecule has 0 amide bonds. The van der Waals surface area contributed by atoms with Crippen LogP contribution in [0.4, 0.5) is 0 Å². The first-order chi connectivity index (χ1) is 41.1. The van der Waals surface area contributed by atoms with E-state index in [4.69, 9.17) is 9.47 Å². The third kappa shape index (κ3) is 10.9. The number of ether oxygens (including phenoxy) is 2. The molecular weight excluding hydrogens is 1040 g/mol. The summed E-state index contributed by atoms with van der Waals surface area (Å²) in [6, 6.07) is 32.4. The Labute approximate surface area is 499 Å². The number of phenolic OH excluding ortho intramolecular Hbond substituents is 1. The van der Waals surface area contributed by atoms with Crippen molar-refractivity contribution in [2.45, 2.75) is 161 Å². The molecule has 5 fully saturated rings. The molecule has 2 saturated heterocycles. The van der Waals surface area contributed by atoms with Crippen molar-refractivity contribution >= 4 is 17.5 Å². The van der Waals surface area contributed by atoms with Crippen molar-refractivity contribution in [1.29, 1.82) is 0 Å². The van der Waals surface area contributed by atoms with E-state index in [0.717, 1.165) is 167 Å². The molecule has 11 unspecified atom stereocenters. The van der Waals surface area contributed by atoms with Crippen LogP contribution in [0.3, 0.4) is 0 Å². The number of piperidine rings is 1. The number of aliphatic hydroxyl groups excluding tert-OH is 1. The van der Waals surface area contributed by atoms with E-state index >= 15 is 9.59 Å². The Bertz CT molecular complexity index is 3230. The first-order valence-corrected chi connectivity index (χ1v) is 32.7. The molecule has 6 aliphatic carbocycles. The minimum absolute atomic E-state index is 0.0415. The lowest BCUT2D eigenvalue weighted by Crippen LogP contribution is -2.52. The van der Waals surface area contributed by atoms with Crippen LogP contribution in [0.15, 0.2) is 131 Å². The third-order valence-corrected chi connectivity index (χ3v) is 22.2. The van der Waals surface area contributed by atoms with Crippen LogP contribution in [0.25, 0.3) is 16.7 Å². The van der Waals surface area contributed by atoms with E-state index in [0.29, 0.717) is 48.6 Å². The zero-order chi connectivity index (χ0) is 57.5. The zero-order valence-corrected chi connectivity index (χ0v) is 50.1. The summed E-state index contributed by atoms with van der Waals surface area (Å²) in [5.41, 5.74) is 11.7. The fourth-order valence-corrected chi connectivity index (χ4v) is 18.1. The maximum atomic E-state index is 15.4. The maximum Gasteiger partial charge on any atom is 0.340 e. The number of benzene rings is 4. The number of allylic oxidation sites excluding steroid dienone is 5. The van der Waals surface area contributed by atoms with Gasteiger partial charge in [0.1, 0.15) is 17.3 Å². The summed E-state index contributed by atoms with van der Waals surface area (Å²) in [5.74, 6) is 1.88. The summed E-state index contributed by atoms with van der Waals surface area (Å²) in [6.45, 7) is 9.21. The average Bonchev–Trinajstić information content (AvgIpc) is 1.96. The van der Waals surface area contributed by atoms with Gasteiger partial charge in [-0.05, 0) is 251 Å². The monoisotopic (exact) mass is 1130 g/mol. The van der Waals surface area contributed by atoms with Gasteiger partial charge < -0.3 is 46.3 Å². The number of hydrogen-bond donors (Lipinski definition) is 7. The molecule has 444 valence electrons. The first-order valence-electron chi connectivity index (χ1n) is 32.7. The number of carbonyl (C=O) groups excluding carboxylic acids is 2. The molecule has 11 atom stereocenters. The van der Waals surface area contributed by atoms with Crippen molar-refractivity contribution in [2.24, 2.45) is 52.3 Å². The molecule has 1 spiro atoms. The number of carbonyl (C=O) groups is 2. The van der Waals surface area contributed by atoms with Crippen LogP contribution in [-0.2, 0) is 45.0 Å². The van der Waals surface area contributed by atoms with E-state index in [9.17, 15) is 10.2 Å². The molecule has 14 bridgehead atoms. The molecule has 7 N–H and O–H groups in total. The lowest BCUT2D eigenvalue weighted by molar-refractivity contribution is -0.135. The molecule has 0 radical (unpaired) electrons. The molecule has 11 aliphatic rings. The minimum Gasteiger partial charge on any atom is -0.508 e. The lowest BCUT2D eigenvalue weighted by Gasteiger charge is -2.56. The Kier molecular flexibility index (Phi) is 16.8. The number of rotatable bonds is 14. The van der Waals surface area contributed by atoms with Crippen LogP contribution < -0.4 is 26.6 Å². The van der Waals surface area contributed by atoms with Crippen molar-refractivity contribution < 1.29 is 29.3 Å². The zero-order valence-electron chi connectivity index (χ0n) is 50.1. The Balaban J connectivity index is 0.961. The van der Waals surface area contributed by atoms with E-state index in [1.54, 1.807) is 6.07 Å². The Morgan fingerprint density at radius 3 is 2.52 bits per heavy atom. The SMILES string of the molecule is CCCNCc1cc2cc(c1)C(NCC(O)C1CCCC1)C1CCC(C3CCNC(NC)C3)(CC=C3OC(=O)C4=C3CCC3C5CCC6(C(=CC(CC)Cc7ccccc7)OC(=O)C6=C5c5cc(O)ccc5-c5cccc(c5)CNCC2)C43)C1. The predicted molar refractivity (Wildman–Crippen MR) is 332 cm³/mol. The van der Waals surface area contributed by atoms with Gasteiger partial charge in [0.15, 0.2) is 0 Å². The third-order valence-electron chi connectivity index (χ3n) is 22.2. The second-order valence-corrected chi connectivity index (χ2v) is 26.9. The highest BCUT2D eigenvalue weighted by atomic mass is 16.6. The van der Waals surface area contributed by atoms with E-state index < -0.39 is 5.41 Å². The van der Waals surface area contributed by atoms with Crippen molar-refractivity contribution in [1.82, 2.24) is 26.6 Å². The number of aromatic hydroxyl groups is 1. The fourth-order valence-electron chi connectivity index (χ4n) is 18.1. The average molecular weight is 1130 g/mol. The van der Waals surface area contributed by atoms with Crippen LogP contribution in [0.5, 0.6) is 5.75 Å². The normalized spacial score (nSPS) is 30.7. The summed E-state index contributed by atoms with van der Waals surface area (Å²) >= 11 is 0. The van der Waals surface area contributed by atoms with Gasteiger partial charge in [-0.15, -0.1) is 0 Å². The molecule has 0 aromatic heterocycles. The van der Waals surface area contributed by atoms with Crippen molar-refractivity contribution in [3.05, 3.63) is 165 Å². The highest BCUT2D eigenvalue weighted by Gasteiger charge is 2.69. The van der Waals surface area contributed by atoms with E-state index in [2.05, 4.69) is 132 Å². The van der Waals surface area contributed by atoms with Gasteiger partial charge in [-0.1, -0.05) is 99.5 Å². The smallest absolute Gasteiger partial charge is 0.340 e. The summed E-state index contributed by atoms with van der Waals surface area (Å²) < 4.78 is 13.5. The summed E-state index contributed by atoms with van der Waals surface area (Å²) in [7, 11) is 2.07. The van der Waals surface area contributed by atoms with Gasteiger partial charge in [-0.3, -0.25) is 0 Å². The lowest BCUT2D eigenvalue weighted by atomic mass is 9.44. The van der Waals surface area contributed by atoms with Gasteiger partial charge in [-0.25, -0.2) is 9.59 Å². The van der Waals surface area contributed by atoms with Crippen LogP contribution in [-0.4, -0.2) is 67.6 Å². The van der Waals surface area contributed by atoms with Crippen molar-refractivity contribution in [3.63, 3.8) is 0 Å². The van der Waals surface area contributed by atoms with Crippen LogP contribution in [0.2, 0.25) is 0 Å². The quantitative estimate of drug-likeness (QED) is 0.0477. The second-order valence-electron chi connectivity index (χ2n) is 26.9. The standard InChI is InChI=1S/C73H91N5O6/c1-4-30-75-43-49-34-47-25-31-76-42-48-14-11-17-51(36-48)56-19-18-55(79)40-60(56)65-57-23-29-73(63(84-71(82)68(65)73)38-45(5-2)33-46-12-7-6-8-13-46)67-58(57)20-21-59-62(83-70(81)66(59)67)24-28-72(54-26-32-77-64(39-54)74-3)27-22-52(41-72)69(53(35-47)37-49)78-44-61(80)50-15-9-10-16-50/h6-8,11-14,17-19,24,34-38,40,45,50,52,54,57-58,61,64,67,69,74-80H,4-5,9-10,15-16,20-23,25-33,39,41-44H2,1-3H3. The van der Waals surface area contributed by atoms with E-state index in [-0.39, 0.29) is 65.1 Å². The highest BCUT2D eigenvalue weighted by molar-refractivity contribution is 6.07. The molecule has 4 aromatic rings. The van der Waals surface area contributed by atoms with Gasteiger partial charge in [0.05, 0.1) is 23.3 Å². The Morgan fingerprint density at radius 1 is 0.821 bits per heavy atom. The summed E-state index contributed by atoms with van der Waals surface area (Å²) in [5, 5.41) is 42.5. The maximum absolute atomic E-state index is 15.4. The molecular formula is C73H91N5O6. The first kappa shape index (κ1) is 57.4. The topological polar surface area (TPSA) is 153 Å². The molecule has 5 aliphatic heterocycles. The van der Waals surface area contributed by atoms with Crippen molar-refractivity contribution in [3.8, 4) is 16.9 Å². The number of cyclic esters (lactones) is 1. The van der Waals surface area contributed by atoms with Gasteiger partial charge in [0.2, 0.25) is 0 Å². The Hall–Kier alpha value is -5.66.